The maximum atomic E-state index is 13.2. The van der Waals surface area contributed by atoms with E-state index in [9.17, 15) is 4.79 Å². The Morgan fingerprint density at radius 2 is 1.77 bits per heavy atom. The smallest absolute Gasteiger partial charge is 0.326 e. The summed E-state index contributed by atoms with van der Waals surface area (Å²) in [6.45, 7) is 0.355. The summed E-state index contributed by atoms with van der Waals surface area (Å²) in [4.78, 5) is 19.3. The number of methoxy groups -OCH3 is 2. The summed E-state index contributed by atoms with van der Waals surface area (Å²) in [7, 11) is 3.13. The fourth-order valence-electron chi connectivity index (χ4n) is 3.26. The van der Waals surface area contributed by atoms with Crippen molar-refractivity contribution in [3.63, 3.8) is 0 Å². The summed E-state index contributed by atoms with van der Waals surface area (Å²) in [5.74, 6) is 1.14. The van der Waals surface area contributed by atoms with Crippen LogP contribution < -0.4 is 19.7 Å². The lowest BCUT2D eigenvalue weighted by atomic mass is 10.2. The highest BCUT2D eigenvalue weighted by Gasteiger charge is 2.19. The van der Waals surface area contributed by atoms with Gasteiger partial charge in [0.05, 0.1) is 32.7 Å². The summed E-state index contributed by atoms with van der Waals surface area (Å²) in [6.07, 6.45) is 3.72. The van der Waals surface area contributed by atoms with Crippen molar-refractivity contribution in [1.82, 2.24) is 9.38 Å². The highest BCUT2D eigenvalue weighted by molar-refractivity contribution is 6.01. The second-order valence-corrected chi connectivity index (χ2v) is 6.60. The van der Waals surface area contributed by atoms with Crippen LogP contribution >= 0.6 is 0 Å². The van der Waals surface area contributed by atoms with E-state index in [1.165, 1.54) is 0 Å². The van der Waals surface area contributed by atoms with E-state index < -0.39 is 0 Å². The first kappa shape index (κ1) is 19.3. The molecule has 2 aromatic heterocycles. The Balaban J connectivity index is 1.64. The van der Waals surface area contributed by atoms with Gasteiger partial charge in [-0.3, -0.25) is 4.90 Å². The molecule has 152 valence electrons. The Kier molecular flexibility index (Phi) is 5.52. The first-order valence-electron chi connectivity index (χ1n) is 9.46. The van der Waals surface area contributed by atoms with E-state index in [0.29, 0.717) is 23.7 Å². The molecule has 0 saturated heterocycles. The number of nitrogens with one attached hydrogen (secondary N) is 1. The molecule has 0 aliphatic rings. The third kappa shape index (κ3) is 3.91. The van der Waals surface area contributed by atoms with Gasteiger partial charge in [-0.1, -0.05) is 24.3 Å². The predicted molar refractivity (Wildman–Crippen MR) is 116 cm³/mol. The highest BCUT2D eigenvalue weighted by atomic mass is 16.5. The van der Waals surface area contributed by atoms with Gasteiger partial charge in [-0.2, -0.15) is 0 Å². The molecule has 0 bridgehead atoms. The van der Waals surface area contributed by atoms with Gasteiger partial charge in [0.15, 0.2) is 11.5 Å². The number of imidazole rings is 1. The van der Waals surface area contributed by atoms with Gasteiger partial charge >= 0.3 is 6.03 Å². The van der Waals surface area contributed by atoms with E-state index in [0.717, 1.165) is 17.0 Å². The van der Waals surface area contributed by atoms with Crippen LogP contribution in [-0.4, -0.2) is 29.6 Å². The maximum Gasteiger partial charge on any atom is 0.326 e. The Morgan fingerprint density at radius 1 is 1.00 bits per heavy atom. The standard InChI is InChI=1S/C23H22N4O3/c1-29-20-12-11-17(14-21(20)30-2)25-23(28)27(18-8-4-3-5-9-18)16-19-15-24-22-10-6-7-13-26(19)22/h3-15H,16H2,1-2H3,(H,25,28). The first-order chi connectivity index (χ1) is 14.7. The van der Waals surface area contributed by atoms with Gasteiger partial charge in [0, 0.05) is 23.6 Å². The highest BCUT2D eigenvalue weighted by Crippen LogP contribution is 2.30. The molecule has 2 aromatic carbocycles. The normalized spacial score (nSPS) is 10.6. The molecule has 0 aliphatic carbocycles. The number of para-hydroxylation sites is 1. The van der Waals surface area contributed by atoms with Crippen molar-refractivity contribution >= 4 is 23.1 Å². The maximum absolute atomic E-state index is 13.2. The zero-order chi connectivity index (χ0) is 20.9. The van der Waals surface area contributed by atoms with Gasteiger partial charge in [-0.15, -0.1) is 0 Å². The summed E-state index contributed by atoms with van der Waals surface area (Å²) in [6, 6.07) is 20.3. The number of nitrogens with zero attached hydrogens (tertiary/aromatic N) is 3. The number of amides is 2. The van der Waals surface area contributed by atoms with E-state index in [-0.39, 0.29) is 6.03 Å². The molecule has 1 N–H and O–H groups in total. The lowest BCUT2D eigenvalue weighted by Crippen LogP contribution is -2.34. The number of ether oxygens (including phenoxy) is 2. The van der Waals surface area contributed by atoms with Gasteiger partial charge in [0.2, 0.25) is 0 Å². The van der Waals surface area contributed by atoms with E-state index in [2.05, 4.69) is 10.3 Å². The van der Waals surface area contributed by atoms with Crippen molar-refractivity contribution in [2.75, 3.05) is 24.4 Å². The van der Waals surface area contributed by atoms with Gasteiger partial charge in [-0.05, 0) is 36.4 Å². The largest absolute Gasteiger partial charge is 0.493 e. The molecule has 0 atom stereocenters. The van der Waals surface area contributed by atoms with Crippen LogP contribution in [0.4, 0.5) is 16.2 Å². The van der Waals surface area contributed by atoms with Crippen LogP contribution in [0.2, 0.25) is 0 Å². The van der Waals surface area contributed by atoms with E-state index in [1.807, 2.05) is 59.1 Å². The molecule has 2 amide bonds. The number of fused-ring (bicyclic) bond motifs is 1. The molecule has 4 aromatic rings. The van der Waals surface area contributed by atoms with Crippen molar-refractivity contribution < 1.29 is 14.3 Å². The van der Waals surface area contributed by atoms with Crippen LogP contribution in [-0.2, 0) is 6.54 Å². The Hall–Kier alpha value is -4.00. The van der Waals surface area contributed by atoms with Crippen molar-refractivity contribution in [3.8, 4) is 11.5 Å². The molecule has 2 heterocycles. The van der Waals surface area contributed by atoms with Crippen LogP contribution in [0.1, 0.15) is 5.69 Å². The number of urea groups is 1. The molecule has 4 rings (SSSR count). The zero-order valence-corrected chi connectivity index (χ0v) is 16.8. The third-order valence-electron chi connectivity index (χ3n) is 4.76. The molecule has 0 fully saturated rings. The molecule has 0 radical (unpaired) electrons. The van der Waals surface area contributed by atoms with Crippen LogP contribution in [0, 0.1) is 0 Å². The summed E-state index contributed by atoms with van der Waals surface area (Å²) < 4.78 is 12.6. The third-order valence-corrected chi connectivity index (χ3v) is 4.76. The molecule has 0 spiro atoms. The van der Waals surface area contributed by atoms with Crippen molar-refractivity contribution in [1.29, 1.82) is 0 Å². The Morgan fingerprint density at radius 3 is 2.53 bits per heavy atom. The fourth-order valence-corrected chi connectivity index (χ4v) is 3.26. The van der Waals surface area contributed by atoms with Crippen LogP contribution in [0.5, 0.6) is 11.5 Å². The topological polar surface area (TPSA) is 68.1 Å². The Bertz CT molecular complexity index is 1160. The van der Waals surface area contributed by atoms with Gasteiger partial charge in [0.25, 0.3) is 0 Å². The molecule has 7 heteroatoms. The SMILES string of the molecule is COc1ccc(NC(=O)N(Cc2cnc3ccccn23)c2ccccc2)cc1OC. The summed E-state index contributed by atoms with van der Waals surface area (Å²) in [5.41, 5.74) is 3.12. The second-order valence-electron chi connectivity index (χ2n) is 6.60. The van der Waals surface area contributed by atoms with E-state index >= 15 is 0 Å². The van der Waals surface area contributed by atoms with Crippen molar-refractivity contribution in [2.24, 2.45) is 0 Å². The lowest BCUT2D eigenvalue weighted by Gasteiger charge is -2.23. The van der Waals surface area contributed by atoms with Crippen molar-refractivity contribution in [2.45, 2.75) is 6.54 Å². The monoisotopic (exact) mass is 402 g/mol. The lowest BCUT2D eigenvalue weighted by molar-refractivity contribution is 0.256. The summed E-state index contributed by atoms with van der Waals surface area (Å²) >= 11 is 0. The first-order valence-corrected chi connectivity index (χ1v) is 9.46. The van der Waals surface area contributed by atoms with E-state index in [4.69, 9.17) is 9.47 Å². The zero-order valence-electron chi connectivity index (χ0n) is 16.8. The van der Waals surface area contributed by atoms with Gasteiger partial charge < -0.3 is 19.2 Å². The van der Waals surface area contributed by atoms with Gasteiger partial charge in [-0.25, -0.2) is 9.78 Å². The fraction of sp³-hybridized carbons (Fsp3) is 0.130. The second kappa shape index (κ2) is 8.57. The number of carbonyl (C=O) groups excluding carboxylic acids is 1. The molecule has 30 heavy (non-hydrogen) atoms. The number of carbonyl (C=O) groups is 1. The minimum atomic E-state index is -0.265. The van der Waals surface area contributed by atoms with Crippen LogP contribution in [0.15, 0.2) is 79.1 Å². The predicted octanol–water partition coefficient (Wildman–Crippen LogP) is 4.59. The number of hydrogen-bond donors (Lipinski definition) is 1. The molecular formula is C23H22N4O3. The molecular weight excluding hydrogens is 380 g/mol. The number of rotatable bonds is 6. The van der Waals surface area contributed by atoms with Crippen LogP contribution in [0.25, 0.3) is 5.65 Å². The molecule has 0 aliphatic heterocycles. The van der Waals surface area contributed by atoms with Gasteiger partial charge in [0.1, 0.15) is 5.65 Å². The number of anilines is 2. The minimum Gasteiger partial charge on any atom is -0.493 e. The van der Waals surface area contributed by atoms with E-state index in [1.54, 1.807) is 43.5 Å². The quantitative estimate of drug-likeness (QED) is 0.512. The van der Waals surface area contributed by atoms with Crippen LogP contribution in [0.3, 0.4) is 0 Å². The molecule has 0 saturated carbocycles. The van der Waals surface area contributed by atoms with Crippen molar-refractivity contribution in [3.05, 3.63) is 84.8 Å². The number of aromatic nitrogens is 2. The molecule has 7 nitrogen and oxygen atoms in total. The number of benzene rings is 2. The minimum absolute atomic E-state index is 0.265. The number of hydrogen-bond acceptors (Lipinski definition) is 4. The number of pyridine rings is 1. The average molecular weight is 402 g/mol. The Labute approximate surface area is 174 Å². The summed E-state index contributed by atoms with van der Waals surface area (Å²) in [5, 5.41) is 2.95. The molecule has 0 unspecified atom stereocenters. The average Bonchev–Trinajstić information content (AvgIpc) is 3.20.